The minimum Gasteiger partial charge on any atom is -0.347 e. The topological polar surface area (TPSA) is 77.7 Å². The zero-order valence-corrected chi connectivity index (χ0v) is 16.2. The molecule has 0 radical (unpaired) electrons. The molecular weight excluding hydrogens is 389 g/mol. The van der Waals surface area contributed by atoms with Crippen molar-refractivity contribution in [3.05, 3.63) is 59.9 Å². The summed E-state index contributed by atoms with van der Waals surface area (Å²) in [6.07, 6.45) is 1.30. The summed E-state index contributed by atoms with van der Waals surface area (Å²) in [5, 5.41) is 3.99. The lowest BCUT2D eigenvalue weighted by Crippen LogP contribution is -2.47. The van der Waals surface area contributed by atoms with Gasteiger partial charge in [-0.1, -0.05) is 17.3 Å². The van der Waals surface area contributed by atoms with Crippen LogP contribution in [0.2, 0.25) is 0 Å². The van der Waals surface area contributed by atoms with Crippen LogP contribution in [-0.4, -0.2) is 53.0 Å². The molecule has 0 atom stereocenters. The number of amides is 1. The normalized spacial score (nSPS) is 18.1. The maximum absolute atomic E-state index is 13.2. The van der Waals surface area contributed by atoms with Crippen LogP contribution in [0.3, 0.4) is 0 Å². The molecule has 0 unspecified atom stereocenters. The fourth-order valence-corrected chi connectivity index (χ4v) is 3.91. The minimum absolute atomic E-state index is 0.0972. The predicted molar refractivity (Wildman–Crippen MR) is 105 cm³/mol. The Morgan fingerprint density at radius 2 is 1.70 bits per heavy atom. The Labute approximate surface area is 172 Å². The van der Waals surface area contributed by atoms with Gasteiger partial charge in [0.25, 0.3) is 11.8 Å². The standard InChI is InChI=1S/C22H20FN3O4/c23-16-7-5-15(6-8-16)19-24-20(30-25-19)17-3-1-2-4-18(17)21(27)26-11-9-22(10-12-26)28-13-14-29-22/h1-8H,9-14H2. The Morgan fingerprint density at radius 1 is 1.00 bits per heavy atom. The molecule has 7 nitrogen and oxygen atoms in total. The molecule has 0 aliphatic carbocycles. The molecular formula is C22H20FN3O4. The smallest absolute Gasteiger partial charge is 0.259 e. The Balaban J connectivity index is 1.38. The van der Waals surface area contributed by atoms with Crippen molar-refractivity contribution < 1.29 is 23.2 Å². The molecule has 154 valence electrons. The summed E-state index contributed by atoms with van der Waals surface area (Å²) in [7, 11) is 0. The summed E-state index contributed by atoms with van der Waals surface area (Å²) >= 11 is 0. The van der Waals surface area contributed by atoms with Gasteiger partial charge in [0.05, 0.1) is 24.3 Å². The fraction of sp³-hybridized carbons (Fsp3) is 0.318. The van der Waals surface area contributed by atoms with Crippen LogP contribution in [0.25, 0.3) is 22.8 Å². The van der Waals surface area contributed by atoms with Crippen LogP contribution in [0.1, 0.15) is 23.2 Å². The second-order valence-corrected chi connectivity index (χ2v) is 7.38. The zero-order chi connectivity index (χ0) is 20.6. The molecule has 1 aromatic heterocycles. The lowest BCUT2D eigenvalue weighted by Gasteiger charge is -2.37. The van der Waals surface area contributed by atoms with E-state index in [1.807, 2.05) is 12.1 Å². The van der Waals surface area contributed by atoms with E-state index in [-0.39, 0.29) is 17.6 Å². The first-order valence-corrected chi connectivity index (χ1v) is 9.90. The van der Waals surface area contributed by atoms with E-state index in [2.05, 4.69) is 10.1 Å². The van der Waals surface area contributed by atoms with Gasteiger partial charge in [-0.15, -0.1) is 0 Å². The predicted octanol–water partition coefficient (Wildman–Crippen LogP) is 3.52. The lowest BCUT2D eigenvalue weighted by molar-refractivity contribution is -0.181. The van der Waals surface area contributed by atoms with E-state index in [1.54, 1.807) is 29.2 Å². The largest absolute Gasteiger partial charge is 0.347 e. The van der Waals surface area contributed by atoms with E-state index in [0.29, 0.717) is 61.7 Å². The molecule has 5 rings (SSSR count). The van der Waals surface area contributed by atoms with Gasteiger partial charge < -0.3 is 18.9 Å². The molecule has 30 heavy (non-hydrogen) atoms. The van der Waals surface area contributed by atoms with Crippen LogP contribution >= 0.6 is 0 Å². The van der Waals surface area contributed by atoms with Gasteiger partial charge in [0, 0.05) is 31.5 Å². The number of hydrogen-bond donors (Lipinski definition) is 0. The number of halogens is 1. The van der Waals surface area contributed by atoms with Crippen LogP contribution in [0, 0.1) is 5.82 Å². The fourth-order valence-electron chi connectivity index (χ4n) is 3.91. The highest BCUT2D eigenvalue weighted by Crippen LogP contribution is 2.33. The number of hydrogen-bond acceptors (Lipinski definition) is 6. The average molecular weight is 409 g/mol. The summed E-state index contributed by atoms with van der Waals surface area (Å²) in [6, 6.07) is 13.0. The monoisotopic (exact) mass is 409 g/mol. The van der Waals surface area contributed by atoms with Crippen LogP contribution in [-0.2, 0) is 9.47 Å². The number of aromatic nitrogens is 2. The summed E-state index contributed by atoms with van der Waals surface area (Å²) in [6.45, 7) is 2.31. The van der Waals surface area contributed by atoms with Crippen LogP contribution in [0.5, 0.6) is 0 Å². The van der Waals surface area contributed by atoms with Gasteiger partial charge in [0.2, 0.25) is 5.82 Å². The molecule has 0 N–H and O–H groups in total. The molecule has 2 aliphatic heterocycles. The van der Waals surface area contributed by atoms with Gasteiger partial charge in [-0.25, -0.2) is 4.39 Å². The summed E-state index contributed by atoms with van der Waals surface area (Å²) in [5.41, 5.74) is 1.70. The van der Waals surface area contributed by atoms with Crippen molar-refractivity contribution in [3.63, 3.8) is 0 Å². The van der Waals surface area contributed by atoms with Gasteiger partial charge in [0.15, 0.2) is 5.79 Å². The molecule has 0 bridgehead atoms. The highest BCUT2D eigenvalue weighted by molar-refractivity contribution is 6.00. The van der Waals surface area contributed by atoms with Gasteiger partial charge in [0.1, 0.15) is 5.82 Å². The van der Waals surface area contributed by atoms with Crippen LogP contribution in [0.15, 0.2) is 53.1 Å². The number of likely N-dealkylation sites (tertiary alicyclic amines) is 1. The minimum atomic E-state index is -0.535. The second-order valence-electron chi connectivity index (χ2n) is 7.38. The number of rotatable bonds is 3. The Hall–Kier alpha value is -3.10. The van der Waals surface area contributed by atoms with Crippen molar-refractivity contribution in [1.82, 2.24) is 15.0 Å². The first-order valence-electron chi connectivity index (χ1n) is 9.90. The third kappa shape index (κ3) is 3.48. The third-order valence-corrected chi connectivity index (χ3v) is 5.54. The Morgan fingerprint density at radius 3 is 2.43 bits per heavy atom. The molecule has 8 heteroatoms. The first-order chi connectivity index (χ1) is 14.6. The van der Waals surface area contributed by atoms with Crippen molar-refractivity contribution in [3.8, 4) is 22.8 Å². The number of ether oxygens (including phenoxy) is 2. The number of benzene rings is 2. The highest BCUT2D eigenvalue weighted by atomic mass is 19.1. The maximum atomic E-state index is 13.2. The number of piperidine rings is 1. The Kier molecular flexibility index (Phi) is 4.80. The summed E-state index contributed by atoms with van der Waals surface area (Å²) in [5.74, 6) is -0.389. The molecule has 1 amide bonds. The first kappa shape index (κ1) is 18.9. The number of carbonyl (C=O) groups excluding carboxylic acids is 1. The molecule has 3 heterocycles. The van der Waals surface area contributed by atoms with E-state index >= 15 is 0 Å². The van der Waals surface area contributed by atoms with E-state index < -0.39 is 5.79 Å². The van der Waals surface area contributed by atoms with Crippen molar-refractivity contribution in [2.45, 2.75) is 18.6 Å². The average Bonchev–Trinajstić information content (AvgIpc) is 3.45. The number of nitrogens with zero attached hydrogens (tertiary/aromatic N) is 3. The SMILES string of the molecule is O=C(c1ccccc1-c1nc(-c2ccc(F)cc2)no1)N1CCC2(CC1)OCCO2. The zero-order valence-electron chi connectivity index (χ0n) is 16.2. The van der Waals surface area contributed by atoms with Gasteiger partial charge in [-0.2, -0.15) is 4.98 Å². The molecule has 2 fully saturated rings. The van der Waals surface area contributed by atoms with Crippen molar-refractivity contribution in [2.75, 3.05) is 26.3 Å². The molecule has 3 aromatic rings. The van der Waals surface area contributed by atoms with E-state index in [9.17, 15) is 9.18 Å². The quantitative estimate of drug-likeness (QED) is 0.659. The van der Waals surface area contributed by atoms with Crippen LogP contribution in [0.4, 0.5) is 4.39 Å². The highest BCUT2D eigenvalue weighted by Gasteiger charge is 2.41. The van der Waals surface area contributed by atoms with Crippen molar-refractivity contribution in [2.24, 2.45) is 0 Å². The summed E-state index contributed by atoms with van der Waals surface area (Å²) < 4.78 is 30.1. The third-order valence-electron chi connectivity index (χ3n) is 5.54. The van der Waals surface area contributed by atoms with Crippen molar-refractivity contribution in [1.29, 1.82) is 0 Å². The molecule has 2 aromatic carbocycles. The van der Waals surface area contributed by atoms with Gasteiger partial charge >= 0.3 is 0 Å². The van der Waals surface area contributed by atoms with Crippen LogP contribution < -0.4 is 0 Å². The van der Waals surface area contributed by atoms with Gasteiger partial charge in [-0.3, -0.25) is 4.79 Å². The molecule has 0 saturated carbocycles. The lowest BCUT2D eigenvalue weighted by atomic mass is 10.0. The summed E-state index contributed by atoms with van der Waals surface area (Å²) in [4.78, 5) is 19.4. The van der Waals surface area contributed by atoms with E-state index in [4.69, 9.17) is 14.0 Å². The van der Waals surface area contributed by atoms with Gasteiger partial charge in [-0.05, 0) is 36.4 Å². The molecule has 2 aliphatic rings. The van der Waals surface area contributed by atoms with E-state index in [0.717, 1.165) is 0 Å². The van der Waals surface area contributed by atoms with E-state index in [1.165, 1.54) is 12.1 Å². The number of carbonyl (C=O) groups is 1. The molecule has 2 saturated heterocycles. The van der Waals surface area contributed by atoms with Crippen molar-refractivity contribution >= 4 is 5.91 Å². The second kappa shape index (κ2) is 7.62. The molecule has 1 spiro atoms. The Bertz CT molecular complexity index is 1050. The maximum Gasteiger partial charge on any atom is 0.259 e.